The molecule has 6 heteroatoms. The highest BCUT2D eigenvalue weighted by molar-refractivity contribution is 6.06. The van der Waals surface area contributed by atoms with Crippen molar-refractivity contribution in [2.45, 2.75) is 44.3 Å². The number of imide groups is 1. The average molecular weight is 240 g/mol. The molecule has 2 aliphatic rings. The van der Waals surface area contributed by atoms with Gasteiger partial charge in [0.05, 0.1) is 19.6 Å². The van der Waals surface area contributed by atoms with Crippen molar-refractivity contribution in [3.8, 4) is 0 Å². The van der Waals surface area contributed by atoms with Gasteiger partial charge in [0.2, 0.25) is 11.8 Å². The quantitative estimate of drug-likeness (QED) is 0.526. The van der Waals surface area contributed by atoms with Crippen LogP contribution in [0, 0.1) is 0 Å². The highest BCUT2D eigenvalue weighted by Gasteiger charge is 2.46. The lowest BCUT2D eigenvalue weighted by Crippen LogP contribution is -2.46. The van der Waals surface area contributed by atoms with Gasteiger partial charge >= 0.3 is 5.97 Å². The van der Waals surface area contributed by atoms with Crippen LogP contribution in [-0.4, -0.2) is 47.9 Å². The minimum absolute atomic E-state index is 0.0928. The Hall–Kier alpha value is -1.43. The Morgan fingerprint density at radius 3 is 2.65 bits per heavy atom. The van der Waals surface area contributed by atoms with Crippen LogP contribution >= 0.6 is 0 Å². The Morgan fingerprint density at radius 2 is 2.12 bits per heavy atom. The second-order valence-electron chi connectivity index (χ2n) is 4.50. The van der Waals surface area contributed by atoms with Crippen molar-refractivity contribution >= 4 is 17.8 Å². The van der Waals surface area contributed by atoms with Crippen LogP contribution in [0.2, 0.25) is 0 Å². The summed E-state index contributed by atoms with van der Waals surface area (Å²) in [6.07, 6.45) is 1.93. The molecule has 2 unspecified atom stereocenters. The van der Waals surface area contributed by atoms with Gasteiger partial charge in [0.25, 0.3) is 0 Å². The fourth-order valence-corrected chi connectivity index (χ4v) is 2.04. The van der Waals surface area contributed by atoms with E-state index in [2.05, 4.69) is 10.1 Å². The zero-order valence-corrected chi connectivity index (χ0v) is 9.93. The molecule has 17 heavy (non-hydrogen) atoms. The van der Waals surface area contributed by atoms with Crippen molar-refractivity contribution in [3.05, 3.63) is 0 Å². The van der Waals surface area contributed by atoms with E-state index in [0.29, 0.717) is 0 Å². The predicted octanol–water partition coefficient (Wildman–Crippen LogP) is -0.573. The van der Waals surface area contributed by atoms with E-state index in [-0.39, 0.29) is 24.3 Å². The molecule has 0 aromatic carbocycles. The fourth-order valence-electron chi connectivity index (χ4n) is 2.04. The minimum atomic E-state index is -0.586. The summed E-state index contributed by atoms with van der Waals surface area (Å²) in [6.45, 7) is 1.61. The Balaban J connectivity index is 1.96. The topological polar surface area (TPSA) is 75.7 Å². The summed E-state index contributed by atoms with van der Waals surface area (Å²) in [5.41, 5.74) is 0. The van der Waals surface area contributed by atoms with Gasteiger partial charge in [-0.15, -0.1) is 0 Å². The third kappa shape index (κ3) is 2.31. The third-order valence-electron chi connectivity index (χ3n) is 3.10. The molecule has 1 N–H and O–H groups in total. The van der Waals surface area contributed by atoms with Crippen LogP contribution < -0.4 is 5.32 Å². The van der Waals surface area contributed by atoms with Crippen molar-refractivity contribution < 1.29 is 19.1 Å². The molecular formula is C11H16N2O4. The predicted molar refractivity (Wildman–Crippen MR) is 57.9 cm³/mol. The summed E-state index contributed by atoms with van der Waals surface area (Å²) >= 11 is 0. The third-order valence-corrected chi connectivity index (χ3v) is 3.10. The lowest BCUT2D eigenvalue weighted by Gasteiger charge is -2.17. The SMILES string of the molecule is COC(=O)C(C)NC1CC(=O)N(C2CC2)C1=O. The monoisotopic (exact) mass is 240 g/mol. The van der Waals surface area contributed by atoms with E-state index >= 15 is 0 Å². The molecule has 0 aromatic rings. The minimum Gasteiger partial charge on any atom is -0.468 e. The van der Waals surface area contributed by atoms with Crippen molar-refractivity contribution in [2.24, 2.45) is 0 Å². The van der Waals surface area contributed by atoms with Gasteiger partial charge < -0.3 is 4.74 Å². The molecule has 0 spiro atoms. The summed E-state index contributed by atoms with van der Waals surface area (Å²) in [7, 11) is 1.29. The molecule has 1 aliphatic carbocycles. The summed E-state index contributed by atoms with van der Waals surface area (Å²) < 4.78 is 4.56. The molecule has 2 amide bonds. The van der Waals surface area contributed by atoms with Crippen LogP contribution in [0.25, 0.3) is 0 Å². The fraction of sp³-hybridized carbons (Fsp3) is 0.727. The first kappa shape index (κ1) is 12.0. The maximum Gasteiger partial charge on any atom is 0.322 e. The van der Waals surface area contributed by atoms with Crippen molar-refractivity contribution in [2.75, 3.05) is 7.11 Å². The molecular weight excluding hydrogens is 224 g/mol. The second kappa shape index (κ2) is 4.44. The van der Waals surface area contributed by atoms with E-state index in [1.54, 1.807) is 6.92 Å². The number of carbonyl (C=O) groups is 3. The number of hydrogen-bond donors (Lipinski definition) is 1. The Kier molecular flexibility index (Phi) is 3.15. The molecule has 94 valence electrons. The number of methoxy groups -OCH3 is 1. The maximum absolute atomic E-state index is 11.9. The number of esters is 1. The molecule has 0 bridgehead atoms. The molecule has 2 rings (SSSR count). The van der Waals surface area contributed by atoms with E-state index in [0.717, 1.165) is 12.8 Å². The first-order valence-corrected chi connectivity index (χ1v) is 5.74. The van der Waals surface area contributed by atoms with Crippen LogP contribution in [-0.2, 0) is 19.1 Å². The normalized spacial score (nSPS) is 26.2. The summed E-state index contributed by atoms with van der Waals surface area (Å²) in [6, 6.07) is -1.08. The van der Waals surface area contributed by atoms with Crippen LogP contribution in [0.4, 0.5) is 0 Å². The van der Waals surface area contributed by atoms with Gasteiger partial charge in [-0.2, -0.15) is 0 Å². The van der Waals surface area contributed by atoms with Gasteiger partial charge in [0.15, 0.2) is 0 Å². The summed E-state index contributed by atoms with van der Waals surface area (Å²) in [5.74, 6) is -0.796. The number of hydrogen-bond acceptors (Lipinski definition) is 5. The Morgan fingerprint density at radius 1 is 1.47 bits per heavy atom. The van der Waals surface area contributed by atoms with E-state index in [4.69, 9.17) is 0 Å². The van der Waals surface area contributed by atoms with E-state index in [1.165, 1.54) is 12.0 Å². The van der Waals surface area contributed by atoms with Crippen LogP contribution in [0.5, 0.6) is 0 Å². The molecule has 1 saturated carbocycles. The number of amides is 2. The van der Waals surface area contributed by atoms with Gasteiger partial charge in [0, 0.05) is 6.04 Å². The standard InChI is InChI=1S/C11H16N2O4/c1-6(11(16)17-2)12-8-5-9(14)13(10(8)15)7-3-4-7/h6-8,12H,3-5H2,1-2H3. The van der Waals surface area contributed by atoms with Crippen LogP contribution in [0.15, 0.2) is 0 Å². The largest absolute Gasteiger partial charge is 0.468 e. The van der Waals surface area contributed by atoms with Crippen molar-refractivity contribution in [3.63, 3.8) is 0 Å². The molecule has 2 fully saturated rings. The number of ether oxygens (including phenoxy) is 1. The average Bonchev–Trinajstić information content (AvgIpc) is 3.07. The molecule has 0 radical (unpaired) electrons. The molecule has 0 aromatic heterocycles. The number of likely N-dealkylation sites (tertiary alicyclic amines) is 1. The lowest BCUT2D eigenvalue weighted by atomic mass is 10.2. The zero-order valence-electron chi connectivity index (χ0n) is 9.93. The van der Waals surface area contributed by atoms with E-state index in [1.807, 2.05) is 0 Å². The number of carbonyl (C=O) groups excluding carboxylic acids is 3. The Bertz CT molecular complexity index is 364. The molecule has 1 aliphatic heterocycles. The first-order chi connectivity index (χ1) is 8.04. The number of nitrogens with one attached hydrogen (secondary N) is 1. The highest BCUT2D eigenvalue weighted by atomic mass is 16.5. The second-order valence-corrected chi connectivity index (χ2v) is 4.50. The number of nitrogens with zero attached hydrogens (tertiary/aromatic N) is 1. The van der Waals surface area contributed by atoms with Crippen molar-refractivity contribution in [1.82, 2.24) is 10.2 Å². The molecule has 6 nitrogen and oxygen atoms in total. The Labute approximate surface area is 99.3 Å². The van der Waals surface area contributed by atoms with E-state index in [9.17, 15) is 14.4 Å². The smallest absolute Gasteiger partial charge is 0.322 e. The lowest BCUT2D eigenvalue weighted by molar-refractivity contribution is -0.143. The highest BCUT2D eigenvalue weighted by Crippen LogP contribution is 2.31. The van der Waals surface area contributed by atoms with Crippen LogP contribution in [0.3, 0.4) is 0 Å². The van der Waals surface area contributed by atoms with Gasteiger partial charge in [0.1, 0.15) is 6.04 Å². The van der Waals surface area contributed by atoms with Crippen LogP contribution in [0.1, 0.15) is 26.2 Å². The molecule has 1 heterocycles. The maximum atomic E-state index is 11.9. The van der Waals surface area contributed by atoms with Crippen molar-refractivity contribution in [1.29, 1.82) is 0 Å². The summed E-state index contributed by atoms with van der Waals surface area (Å²) in [4.78, 5) is 36.1. The number of rotatable bonds is 4. The van der Waals surface area contributed by atoms with E-state index < -0.39 is 18.1 Å². The van der Waals surface area contributed by atoms with Gasteiger partial charge in [-0.05, 0) is 19.8 Å². The molecule has 1 saturated heterocycles. The van der Waals surface area contributed by atoms with Gasteiger partial charge in [-0.1, -0.05) is 0 Å². The first-order valence-electron chi connectivity index (χ1n) is 5.74. The summed E-state index contributed by atoms with van der Waals surface area (Å²) in [5, 5.41) is 2.84. The van der Waals surface area contributed by atoms with Gasteiger partial charge in [-0.3, -0.25) is 24.6 Å². The zero-order chi connectivity index (χ0) is 12.6. The molecule has 2 atom stereocenters. The van der Waals surface area contributed by atoms with Gasteiger partial charge in [-0.25, -0.2) is 0 Å².